The molecule has 0 aliphatic rings. The summed E-state index contributed by atoms with van der Waals surface area (Å²) in [5.41, 5.74) is 14.8. The van der Waals surface area contributed by atoms with E-state index in [9.17, 15) is 0 Å². The minimum absolute atomic E-state index is 0.600. The number of fused-ring (bicyclic) bond motifs is 7. The third kappa shape index (κ3) is 6.90. The highest BCUT2D eigenvalue weighted by Crippen LogP contribution is 2.41. The minimum Gasteiger partial charge on any atom is -0.317 e. The molecule has 0 spiro atoms. The Morgan fingerprint density at radius 2 is 0.930 bits per heavy atom. The first-order valence-electron chi connectivity index (χ1n) is 23.9. The molecule has 14 aromatic rings. The molecular formula is C64H41N7. The van der Waals surface area contributed by atoms with Crippen molar-refractivity contribution in [2.24, 2.45) is 0 Å². The van der Waals surface area contributed by atoms with Gasteiger partial charge >= 0.3 is 0 Å². The van der Waals surface area contributed by atoms with Crippen LogP contribution in [0.25, 0.3) is 128 Å². The Bertz CT molecular complexity index is 4280. The summed E-state index contributed by atoms with van der Waals surface area (Å²) in [6.45, 7) is 0. The molecule has 0 aliphatic heterocycles. The molecule has 0 bridgehead atoms. The second kappa shape index (κ2) is 16.5. The Labute approximate surface area is 408 Å². The molecule has 14 rings (SSSR count). The Kier molecular flexibility index (Phi) is 9.38. The van der Waals surface area contributed by atoms with E-state index in [2.05, 4.69) is 196 Å². The van der Waals surface area contributed by atoms with E-state index in [0.29, 0.717) is 17.5 Å². The lowest BCUT2D eigenvalue weighted by Crippen LogP contribution is -2.01. The van der Waals surface area contributed by atoms with Crippen LogP contribution in [0.1, 0.15) is 0 Å². The summed E-state index contributed by atoms with van der Waals surface area (Å²) in [6, 6.07) is 83.4. The standard InChI is InChI=1S/C64H41N7/c1-4-15-42(16-5-1)47-23-12-26-52(38-47)71-60-34-32-55-56-40-48(53-27-14-28-58-54(53)35-36-69(58)50-31-29-43-17-10-11-22-46(43)37-50)30-33-59(56)70(61(55)57(60)41-65-71)51-25-13-24-49(39-51)64-67-62(44-18-6-2-7-19-44)66-63(68-64)45-20-8-3-9-21-45/h1-41H. The van der Waals surface area contributed by atoms with Gasteiger partial charge in [-0.05, 0) is 106 Å². The van der Waals surface area contributed by atoms with E-state index in [-0.39, 0.29) is 0 Å². The van der Waals surface area contributed by atoms with Gasteiger partial charge in [-0.2, -0.15) is 5.10 Å². The molecule has 7 heteroatoms. The van der Waals surface area contributed by atoms with Crippen LogP contribution in [0, 0.1) is 0 Å². The molecule has 7 nitrogen and oxygen atoms in total. The summed E-state index contributed by atoms with van der Waals surface area (Å²) in [5.74, 6) is 1.84. The predicted molar refractivity (Wildman–Crippen MR) is 290 cm³/mol. The van der Waals surface area contributed by atoms with Crippen molar-refractivity contribution in [3.63, 3.8) is 0 Å². The predicted octanol–water partition coefficient (Wildman–Crippen LogP) is 15.7. The van der Waals surface area contributed by atoms with E-state index in [1.165, 1.54) is 21.7 Å². The van der Waals surface area contributed by atoms with Crippen molar-refractivity contribution >= 4 is 54.4 Å². The Hall–Kier alpha value is -9.72. The highest BCUT2D eigenvalue weighted by molar-refractivity contribution is 6.19. The molecule has 0 fully saturated rings. The lowest BCUT2D eigenvalue weighted by molar-refractivity contribution is 0.911. The normalized spacial score (nSPS) is 11.7. The van der Waals surface area contributed by atoms with Gasteiger partial charge < -0.3 is 9.13 Å². The molecule has 10 aromatic carbocycles. The lowest BCUT2D eigenvalue weighted by Gasteiger charge is -2.12. The van der Waals surface area contributed by atoms with Crippen LogP contribution in [0.5, 0.6) is 0 Å². The fraction of sp³-hybridized carbons (Fsp3) is 0. The minimum atomic E-state index is 0.600. The Balaban J connectivity index is 0.962. The Morgan fingerprint density at radius 1 is 0.310 bits per heavy atom. The van der Waals surface area contributed by atoms with Gasteiger partial charge in [0.1, 0.15) is 0 Å². The summed E-state index contributed by atoms with van der Waals surface area (Å²) in [6.07, 6.45) is 4.21. The van der Waals surface area contributed by atoms with E-state index in [0.717, 1.165) is 88.7 Å². The van der Waals surface area contributed by atoms with E-state index in [1.807, 2.05) is 66.9 Å². The zero-order valence-corrected chi connectivity index (χ0v) is 38.3. The summed E-state index contributed by atoms with van der Waals surface area (Å²) < 4.78 is 6.75. The monoisotopic (exact) mass is 907 g/mol. The van der Waals surface area contributed by atoms with Gasteiger partial charge in [0.2, 0.25) is 0 Å². The SMILES string of the molecule is c1ccc(-c2cccc(-n3ncc4c3ccc3c5cc(-c6cccc7c6ccn7-c6ccc7ccccc7c6)ccc5n(-c5cccc(-c6nc(-c7ccccc7)nc(-c7ccccc7)n6)c5)c34)c2)cc1. The smallest absolute Gasteiger partial charge is 0.164 e. The van der Waals surface area contributed by atoms with Crippen LogP contribution in [0.4, 0.5) is 0 Å². The summed E-state index contributed by atoms with van der Waals surface area (Å²) in [5, 5.41) is 12.1. The molecule has 4 aromatic heterocycles. The van der Waals surface area contributed by atoms with Crippen LogP contribution in [-0.4, -0.2) is 33.9 Å². The maximum atomic E-state index is 5.12. The van der Waals surface area contributed by atoms with Gasteiger partial charge in [0.15, 0.2) is 17.5 Å². The highest BCUT2D eigenvalue weighted by Gasteiger charge is 2.21. The van der Waals surface area contributed by atoms with Crippen LogP contribution < -0.4 is 0 Å². The quantitative estimate of drug-likeness (QED) is 0.152. The molecule has 4 heterocycles. The molecule has 0 radical (unpaired) electrons. The largest absolute Gasteiger partial charge is 0.317 e. The third-order valence-electron chi connectivity index (χ3n) is 13.8. The van der Waals surface area contributed by atoms with Crippen LogP contribution in [-0.2, 0) is 0 Å². The fourth-order valence-electron chi connectivity index (χ4n) is 10.4. The summed E-state index contributed by atoms with van der Waals surface area (Å²) >= 11 is 0. The van der Waals surface area contributed by atoms with Gasteiger partial charge in [0.25, 0.3) is 0 Å². The topological polar surface area (TPSA) is 66.3 Å². The van der Waals surface area contributed by atoms with Crippen molar-refractivity contribution < 1.29 is 0 Å². The molecule has 332 valence electrons. The maximum absolute atomic E-state index is 5.12. The molecule has 71 heavy (non-hydrogen) atoms. The second-order valence-electron chi connectivity index (χ2n) is 18.0. The summed E-state index contributed by atoms with van der Waals surface area (Å²) in [4.78, 5) is 15.2. The first-order chi connectivity index (χ1) is 35.2. The average Bonchev–Trinajstić information content (AvgIpc) is 4.18. The van der Waals surface area contributed by atoms with Gasteiger partial charge in [-0.25, -0.2) is 19.6 Å². The zero-order valence-electron chi connectivity index (χ0n) is 38.3. The van der Waals surface area contributed by atoms with Gasteiger partial charge in [-0.1, -0.05) is 164 Å². The van der Waals surface area contributed by atoms with Gasteiger partial charge in [-0.15, -0.1) is 0 Å². The van der Waals surface area contributed by atoms with Crippen LogP contribution in [0.15, 0.2) is 249 Å². The van der Waals surface area contributed by atoms with Crippen molar-refractivity contribution in [1.82, 2.24) is 33.9 Å². The lowest BCUT2D eigenvalue weighted by atomic mass is 9.99. The Morgan fingerprint density at radius 3 is 1.69 bits per heavy atom. The number of hydrogen-bond donors (Lipinski definition) is 0. The molecule has 0 saturated heterocycles. The molecule has 0 amide bonds. The maximum Gasteiger partial charge on any atom is 0.164 e. The third-order valence-corrected chi connectivity index (χ3v) is 13.8. The average molecular weight is 908 g/mol. The number of hydrogen-bond acceptors (Lipinski definition) is 4. The molecular weight excluding hydrogens is 867 g/mol. The zero-order chi connectivity index (χ0) is 46.8. The van der Waals surface area contributed by atoms with E-state index < -0.39 is 0 Å². The number of nitrogens with zero attached hydrogens (tertiary/aromatic N) is 7. The van der Waals surface area contributed by atoms with E-state index in [4.69, 9.17) is 20.1 Å². The molecule has 0 N–H and O–H groups in total. The van der Waals surface area contributed by atoms with E-state index >= 15 is 0 Å². The van der Waals surface area contributed by atoms with Crippen molar-refractivity contribution in [1.29, 1.82) is 0 Å². The van der Waals surface area contributed by atoms with Gasteiger partial charge in [-0.3, -0.25) is 0 Å². The first-order valence-corrected chi connectivity index (χ1v) is 23.9. The van der Waals surface area contributed by atoms with Crippen molar-refractivity contribution in [3.05, 3.63) is 249 Å². The molecule has 0 aliphatic carbocycles. The van der Waals surface area contributed by atoms with Crippen molar-refractivity contribution in [2.75, 3.05) is 0 Å². The van der Waals surface area contributed by atoms with Crippen molar-refractivity contribution in [2.45, 2.75) is 0 Å². The fourth-order valence-corrected chi connectivity index (χ4v) is 10.4. The number of rotatable bonds is 8. The van der Waals surface area contributed by atoms with Crippen molar-refractivity contribution in [3.8, 4) is 73.5 Å². The van der Waals surface area contributed by atoms with Gasteiger partial charge in [0, 0.05) is 55.8 Å². The van der Waals surface area contributed by atoms with E-state index in [1.54, 1.807) is 0 Å². The number of aromatic nitrogens is 7. The number of benzene rings is 10. The van der Waals surface area contributed by atoms with Crippen LogP contribution in [0.3, 0.4) is 0 Å². The first kappa shape index (κ1) is 40.4. The molecule has 0 unspecified atom stereocenters. The van der Waals surface area contributed by atoms with Crippen LogP contribution >= 0.6 is 0 Å². The van der Waals surface area contributed by atoms with Gasteiger partial charge in [0.05, 0.1) is 34.0 Å². The summed E-state index contributed by atoms with van der Waals surface area (Å²) in [7, 11) is 0. The second-order valence-corrected chi connectivity index (χ2v) is 18.0. The highest BCUT2D eigenvalue weighted by atomic mass is 15.3. The molecule has 0 atom stereocenters. The van der Waals surface area contributed by atoms with Crippen LogP contribution in [0.2, 0.25) is 0 Å². The molecule has 0 saturated carbocycles.